The maximum atomic E-state index is 12.7. The third-order valence-corrected chi connectivity index (χ3v) is 4.56. The number of benzene rings is 2. The molecule has 2 atom stereocenters. The first-order chi connectivity index (χ1) is 12.1. The average Bonchev–Trinajstić information content (AvgIpc) is 3.03. The fourth-order valence-corrected chi connectivity index (χ4v) is 3.15. The summed E-state index contributed by atoms with van der Waals surface area (Å²) in [6.07, 6.45) is 0.504. The number of nitrogens with zero attached hydrogens (tertiary/aromatic N) is 1. The lowest BCUT2D eigenvalue weighted by atomic mass is 10.0. The summed E-state index contributed by atoms with van der Waals surface area (Å²) in [5.41, 5.74) is 1.73. The number of carbonyl (C=O) groups is 2. The Morgan fingerprint density at radius 3 is 2.56 bits per heavy atom. The molecule has 2 aromatic rings. The number of hydrogen-bond acceptors (Lipinski definition) is 3. The molecule has 0 aliphatic carbocycles. The summed E-state index contributed by atoms with van der Waals surface area (Å²) in [4.78, 5) is 27.0. The zero-order valence-corrected chi connectivity index (χ0v) is 14.4. The summed E-state index contributed by atoms with van der Waals surface area (Å²) in [6, 6.07) is 16.9. The number of ether oxygens (including phenoxy) is 1. The number of nitrogens with one attached hydrogen (secondary N) is 1. The number of hydrogen-bond donors (Lipinski definition) is 1. The zero-order chi connectivity index (χ0) is 17.8. The van der Waals surface area contributed by atoms with Gasteiger partial charge in [-0.1, -0.05) is 42.5 Å². The van der Waals surface area contributed by atoms with Gasteiger partial charge in [0.05, 0.1) is 18.8 Å². The van der Waals surface area contributed by atoms with Crippen molar-refractivity contribution in [3.8, 4) is 5.75 Å². The number of anilines is 1. The molecule has 2 unspecified atom stereocenters. The van der Waals surface area contributed by atoms with E-state index in [1.165, 1.54) is 0 Å². The number of para-hydroxylation sites is 2. The topological polar surface area (TPSA) is 58.6 Å². The third kappa shape index (κ3) is 3.50. The molecular formula is C20H22N2O3. The van der Waals surface area contributed by atoms with E-state index in [0.717, 1.165) is 5.56 Å². The van der Waals surface area contributed by atoms with Gasteiger partial charge in [-0.25, -0.2) is 0 Å². The number of amides is 2. The summed E-state index contributed by atoms with van der Waals surface area (Å²) in [6.45, 7) is 2.43. The van der Waals surface area contributed by atoms with Crippen molar-refractivity contribution in [1.82, 2.24) is 5.32 Å². The molecule has 2 aromatic carbocycles. The highest BCUT2D eigenvalue weighted by Gasteiger charge is 2.38. The van der Waals surface area contributed by atoms with E-state index in [1.807, 2.05) is 61.5 Å². The van der Waals surface area contributed by atoms with Crippen LogP contribution in [0.5, 0.6) is 5.75 Å². The van der Waals surface area contributed by atoms with Crippen molar-refractivity contribution in [2.45, 2.75) is 19.4 Å². The molecule has 130 valence electrons. The van der Waals surface area contributed by atoms with E-state index in [2.05, 4.69) is 5.32 Å². The molecule has 1 fully saturated rings. The molecule has 0 radical (unpaired) electrons. The molecule has 0 spiro atoms. The van der Waals surface area contributed by atoms with E-state index in [9.17, 15) is 9.59 Å². The summed E-state index contributed by atoms with van der Waals surface area (Å²) in [5.74, 6) is -0.424. The Hall–Kier alpha value is -2.82. The van der Waals surface area contributed by atoms with E-state index in [1.54, 1.807) is 12.0 Å². The van der Waals surface area contributed by atoms with Crippen LogP contribution in [0.4, 0.5) is 5.69 Å². The number of carbonyl (C=O) groups excluding carboxylic acids is 2. The third-order valence-electron chi connectivity index (χ3n) is 4.56. The van der Waals surface area contributed by atoms with Crippen molar-refractivity contribution in [3.05, 3.63) is 60.2 Å². The molecule has 1 aliphatic rings. The van der Waals surface area contributed by atoms with Crippen LogP contribution in [0.3, 0.4) is 0 Å². The predicted molar refractivity (Wildman–Crippen MR) is 96.5 cm³/mol. The van der Waals surface area contributed by atoms with Crippen molar-refractivity contribution in [2.24, 2.45) is 5.92 Å². The van der Waals surface area contributed by atoms with Gasteiger partial charge in [0.25, 0.3) is 0 Å². The quantitative estimate of drug-likeness (QED) is 0.853. The van der Waals surface area contributed by atoms with Crippen LogP contribution in [0.1, 0.15) is 24.9 Å². The largest absolute Gasteiger partial charge is 0.495 e. The summed E-state index contributed by atoms with van der Waals surface area (Å²) in [5, 5.41) is 2.95. The van der Waals surface area contributed by atoms with Gasteiger partial charge in [0, 0.05) is 6.54 Å². The van der Waals surface area contributed by atoms with Gasteiger partial charge in [0.2, 0.25) is 11.8 Å². The molecule has 1 saturated heterocycles. The normalized spacial score (nSPS) is 18.1. The van der Waals surface area contributed by atoms with Gasteiger partial charge in [-0.3, -0.25) is 9.59 Å². The molecule has 1 heterocycles. The average molecular weight is 338 g/mol. The Morgan fingerprint density at radius 1 is 1.16 bits per heavy atom. The van der Waals surface area contributed by atoms with Crippen LogP contribution in [0.15, 0.2) is 54.6 Å². The van der Waals surface area contributed by atoms with Gasteiger partial charge in [-0.15, -0.1) is 0 Å². The second kappa shape index (κ2) is 7.38. The van der Waals surface area contributed by atoms with Crippen LogP contribution in [0.2, 0.25) is 0 Å². The van der Waals surface area contributed by atoms with E-state index < -0.39 is 5.92 Å². The zero-order valence-electron chi connectivity index (χ0n) is 14.4. The Balaban J connectivity index is 1.70. The lowest BCUT2D eigenvalue weighted by molar-refractivity contribution is -0.132. The van der Waals surface area contributed by atoms with E-state index in [0.29, 0.717) is 24.4 Å². The van der Waals surface area contributed by atoms with Gasteiger partial charge in [0.1, 0.15) is 11.7 Å². The molecule has 3 rings (SSSR count). The van der Waals surface area contributed by atoms with Crippen molar-refractivity contribution in [3.63, 3.8) is 0 Å². The van der Waals surface area contributed by atoms with Crippen molar-refractivity contribution in [2.75, 3.05) is 18.6 Å². The smallest absolute Gasteiger partial charge is 0.239 e. The molecule has 1 N–H and O–H groups in total. The van der Waals surface area contributed by atoms with Crippen molar-refractivity contribution in [1.29, 1.82) is 0 Å². The molecule has 25 heavy (non-hydrogen) atoms. The molecule has 5 nitrogen and oxygen atoms in total. The molecular weight excluding hydrogens is 316 g/mol. The number of rotatable bonds is 5. The van der Waals surface area contributed by atoms with Crippen LogP contribution in [-0.4, -0.2) is 25.5 Å². The minimum absolute atomic E-state index is 0.137. The van der Waals surface area contributed by atoms with Gasteiger partial charge in [0.15, 0.2) is 0 Å². The highest BCUT2D eigenvalue weighted by atomic mass is 16.5. The van der Waals surface area contributed by atoms with Crippen LogP contribution < -0.4 is 15.0 Å². The Labute approximate surface area is 147 Å². The van der Waals surface area contributed by atoms with Crippen LogP contribution >= 0.6 is 0 Å². The standard InChI is InChI=1S/C20H22N2O3/c1-14(15-8-4-3-5-9-15)21-19(23)16-12-13-22(20(16)24)17-10-6-7-11-18(17)25-2/h3-11,14,16H,12-13H2,1-2H3,(H,21,23). The first-order valence-electron chi connectivity index (χ1n) is 8.41. The second-order valence-electron chi connectivity index (χ2n) is 6.14. The molecule has 0 aromatic heterocycles. The first kappa shape index (κ1) is 17.0. The fourth-order valence-electron chi connectivity index (χ4n) is 3.15. The number of methoxy groups -OCH3 is 1. The fraction of sp³-hybridized carbons (Fsp3) is 0.300. The van der Waals surface area contributed by atoms with E-state index in [4.69, 9.17) is 4.74 Å². The van der Waals surface area contributed by atoms with Gasteiger partial charge in [-0.2, -0.15) is 0 Å². The van der Waals surface area contributed by atoms with Gasteiger partial charge < -0.3 is 15.0 Å². The highest BCUT2D eigenvalue weighted by molar-refractivity contribution is 6.10. The van der Waals surface area contributed by atoms with Gasteiger partial charge in [-0.05, 0) is 31.0 Å². The van der Waals surface area contributed by atoms with Gasteiger partial charge >= 0.3 is 0 Å². The predicted octanol–water partition coefficient (Wildman–Crippen LogP) is 2.93. The summed E-state index contributed by atoms with van der Waals surface area (Å²) in [7, 11) is 1.57. The van der Waals surface area contributed by atoms with Crippen LogP contribution in [-0.2, 0) is 9.59 Å². The second-order valence-corrected chi connectivity index (χ2v) is 6.14. The molecule has 0 saturated carbocycles. The van der Waals surface area contributed by atoms with Crippen molar-refractivity contribution < 1.29 is 14.3 Å². The lowest BCUT2D eigenvalue weighted by Gasteiger charge is -2.20. The van der Waals surface area contributed by atoms with Crippen LogP contribution in [0.25, 0.3) is 0 Å². The molecule has 5 heteroatoms. The summed E-state index contributed by atoms with van der Waals surface area (Å²) < 4.78 is 5.33. The monoisotopic (exact) mass is 338 g/mol. The van der Waals surface area contributed by atoms with Crippen LogP contribution in [0, 0.1) is 5.92 Å². The summed E-state index contributed by atoms with van der Waals surface area (Å²) >= 11 is 0. The highest BCUT2D eigenvalue weighted by Crippen LogP contribution is 2.33. The van der Waals surface area contributed by atoms with E-state index in [-0.39, 0.29) is 17.9 Å². The van der Waals surface area contributed by atoms with Crippen molar-refractivity contribution >= 4 is 17.5 Å². The SMILES string of the molecule is COc1ccccc1N1CCC(C(=O)NC(C)c2ccccc2)C1=O. The maximum Gasteiger partial charge on any atom is 0.239 e. The minimum atomic E-state index is -0.656. The molecule has 1 aliphatic heterocycles. The maximum absolute atomic E-state index is 12.7. The Bertz CT molecular complexity index is 761. The van der Waals surface area contributed by atoms with E-state index >= 15 is 0 Å². The molecule has 0 bridgehead atoms. The lowest BCUT2D eigenvalue weighted by Crippen LogP contribution is -2.38. The minimum Gasteiger partial charge on any atom is -0.495 e. The first-order valence-corrected chi connectivity index (χ1v) is 8.41. The Kier molecular flexibility index (Phi) is 5.03. The molecule has 2 amide bonds. The Morgan fingerprint density at radius 2 is 1.84 bits per heavy atom.